The SMILES string of the molecule is O=C(N[C@@H]1C[C@H]2CC[C@@H]1C2)c1ccc(C[NH+]2CCOCC2)cc1. The van der Waals surface area contributed by atoms with Crippen molar-refractivity contribution in [3.63, 3.8) is 0 Å². The molecule has 4 rings (SSSR count). The van der Waals surface area contributed by atoms with Gasteiger partial charge < -0.3 is 15.0 Å². The number of carbonyl (C=O) groups is 1. The number of carbonyl (C=O) groups excluding carboxylic acids is 1. The molecule has 0 unspecified atom stereocenters. The summed E-state index contributed by atoms with van der Waals surface area (Å²) < 4.78 is 5.40. The van der Waals surface area contributed by atoms with Gasteiger partial charge in [-0.2, -0.15) is 0 Å². The molecule has 0 spiro atoms. The second kappa shape index (κ2) is 6.62. The van der Waals surface area contributed by atoms with E-state index in [9.17, 15) is 4.79 Å². The van der Waals surface area contributed by atoms with Crippen LogP contribution in [0, 0.1) is 11.8 Å². The zero-order valence-corrected chi connectivity index (χ0v) is 13.7. The Labute approximate surface area is 138 Å². The summed E-state index contributed by atoms with van der Waals surface area (Å²) in [5.74, 6) is 1.70. The molecular weight excluding hydrogens is 288 g/mol. The van der Waals surface area contributed by atoms with Crippen molar-refractivity contribution in [1.29, 1.82) is 0 Å². The minimum absolute atomic E-state index is 0.104. The summed E-state index contributed by atoms with van der Waals surface area (Å²) in [5, 5.41) is 3.27. The molecule has 3 aliphatic rings. The molecule has 0 aromatic heterocycles. The lowest BCUT2D eigenvalue weighted by Crippen LogP contribution is -3.12. The number of hydrogen-bond donors (Lipinski definition) is 2. The average molecular weight is 315 g/mol. The summed E-state index contributed by atoms with van der Waals surface area (Å²) in [4.78, 5) is 14.0. The second-order valence-corrected chi connectivity index (χ2v) is 7.49. The lowest BCUT2D eigenvalue weighted by molar-refractivity contribution is -0.921. The van der Waals surface area contributed by atoms with Gasteiger partial charge in [0.1, 0.15) is 19.6 Å². The summed E-state index contributed by atoms with van der Waals surface area (Å²) in [6, 6.07) is 8.60. The zero-order valence-electron chi connectivity index (χ0n) is 13.7. The monoisotopic (exact) mass is 315 g/mol. The molecule has 23 heavy (non-hydrogen) atoms. The van der Waals surface area contributed by atoms with Crippen LogP contribution in [-0.4, -0.2) is 38.3 Å². The number of quaternary nitrogens is 1. The molecular formula is C19H27N2O2+. The standard InChI is InChI=1S/C19H26N2O2/c22-19(20-18-12-15-3-6-17(18)11-15)16-4-1-14(2-5-16)13-21-7-9-23-10-8-21/h1-2,4-5,15,17-18H,3,6-13H2,(H,20,22)/p+1/t15-,17+,18+/m0/s1. The number of amides is 1. The van der Waals surface area contributed by atoms with Crippen LogP contribution in [0.2, 0.25) is 0 Å². The first-order valence-corrected chi connectivity index (χ1v) is 9.09. The summed E-state index contributed by atoms with van der Waals surface area (Å²) >= 11 is 0. The highest BCUT2D eigenvalue weighted by molar-refractivity contribution is 5.94. The van der Waals surface area contributed by atoms with E-state index in [1.807, 2.05) is 12.1 Å². The minimum atomic E-state index is 0.104. The maximum absolute atomic E-state index is 12.4. The Kier molecular flexibility index (Phi) is 4.36. The van der Waals surface area contributed by atoms with Crippen LogP contribution < -0.4 is 10.2 Å². The van der Waals surface area contributed by atoms with Crippen LogP contribution in [-0.2, 0) is 11.3 Å². The number of hydrogen-bond acceptors (Lipinski definition) is 2. The first-order chi connectivity index (χ1) is 11.3. The van der Waals surface area contributed by atoms with E-state index < -0.39 is 0 Å². The molecule has 1 saturated heterocycles. The highest BCUT2D eigenvalue weighted by Gasteiger charge is 2.40. The van der Waals surface area contributed by atoms with E-state index in [-0.39, 0.29) is 5.91 Å². The predicted molar refractivity (Wildman–Crippen MR) is 88.4 cm³/mol. The van der Waals surface area contributed by atoms with Gasteiger partial charge in [-0.3, -0.25) is 4.79 Å². The number of benzene rings is 1. The van der Waals surface area contributed by atoms with Crippen LogP contribution in [0.15, 0.2) is 24.3 Å². The van der Waals surface area contributed by atoms with E-state index in [0.29, 0.717) is 6.04 Å². The van der Waals surface area contributed by atoms with Crippen LogP contribution in [0.3, 0.4) is 0 Å². The van der Waals surface area contributed by atoms with Crippen LogP contribution in [0.4, 0.5) is 0 Å². The Balaban J connectivity index is 1.33. The Morgan fingerprint density at radius 2 is 1.91 bits per heavy atom. The van der Waals surface area contributed by atoms with Crippen molar-refractivity contribution < 1.29 is 14.4 Å². The van der Waals surface area contributed by atoms with Gasteiger partial charge in [0.15, 0.2) is 0 Å². The summed E-state index contributed by atoms with van der Waals surface area (Å²) in [7, 11) is 0. The zero-order chi connectivity index (χ0) is 15.6. The molecule has 1 aliphatic heterocycles. The molecule has 2 aliphatic carbocycles. The van der Waals surface area contributed by atoms with Crippen molar-refractivity contribution in [2.45, 2.75) is 38.3 Å². The van der Waals surface area contributed by atoms with Crippen molar-refractivity contribution in [2.24, 2.45) is 11.8 Å². The molecule has 2 saturated carbocycles. The summed E-state index contributed by atoms with van der Waals surface area (Å²) in [5.41, 5.74) is 2.10. The lowest BCUT2D eigenvalue weighted by Gasteiger charge is -2.24. The number of ether oxygens (including phenoxy) is 1. The Morgan fingerprint density at radius 3 is 2.57 bits per heavy atom. The van der Waals surface area contributed by atoms with Crippen LogP contribution in [0.25, 0.3) is 0 Å². The topological polar surface area (TPSA) is 42.8 Å². The molecule has 0 radical (unpaired) electrons. The summed E-state index contributed by atoms with van der Waals surface area (Å²) in [6.07, 6.45) is 5.19. The van der Waals surface area contributed by atoms with E-state index in [1.165, 1.54) is 31.2 Å². The smallest absolute Gasteiger partial charge is 0.251 e. The molecule has 3 atom stereocenters. The van der Waals surface area contributed by atoms with Crippen LogP contribution in [0.5, 0.6) is 0 Å². The number of nitrogens with one attached hydrogen (secondary N) is 2. The van der Waals surface area contributed by atoms with E-state index in [0.717, 1.165) is 50.2 Å². The van der Waals surface area contributed by atoms with Gasteiger partial charge in [0, 0.05) is 17.2 Å². The van der Waals surface area contributed by atoms with Gasteiger partial charge in [-0.15, -0.1) is 0 Å². The number of fused-ring (bicyclic) bond motifs is 2. The highest BCUT2D eigenvalue weighted by Crippen LogP contribution is 2.44. The van der Waals surface area contributed by atoms with Crippen molar-refractivity contribution in [3.05, 3.63) is 35.4 Å². The molecule has 1 aromatic carbocycles. The molecule has 2 N–H and O–H groups in total. The molecule has 4 heteroatoms. The van der Waals surface area contributed by atoms with Gasteiger partial charge >= 0.3 is 0 Å². The Hall–Kier alpha value is -1.39. The van der Waals surface area contributed by atoms with Crippen LogP contribution >= 0.6 is 0 Å². The van der Waals surface area contributed by atoms with Gasteiger partial charge in [-0.1, -0.05) is 18.6 Å². The van der Waals surface area contributed by atoms with Gasteiger partial charge in [0.05, 0.1) is 13.2 Å². The molecule has 1 amide bonds. The lowest BCUT2D eigenvalue weighted by atomic mass is 9.95. The predicted octanol–water partition coefficient (Wildman–Crippen LogP) is 1.02. The van der Waals surface area contributed by atoms with E-state index in [2.05, 4.69) is 17.4 Å². The first kappa shape index (κ1) is 15.2. The third kappa shape index (κ3) is 3.43. The Bertz CT molecular complexity index is 551. The van der Waals surface area contributed by atoms with Crippen molar-refractivity contribution in [1.82, 2.24) is 5.32 Å². The largest absolute Gasteiger partial charge is 0.370 e. The third-order valence-electron chi connectivity index (χ3n) is 5.92. The minimum Gasteiger partial charge on any atom is -0.370 e. The van der Waals surface area contributed by atoms with Crippen molar-refractivity contribution in [3.8, 4) is 0 Å². The van der Waals surface area contributed by atoms with Gasteiger partial charge in [-0.05, 0) is 43.2 Å². The van der Waals surface area contributed by atoms with Crippen molar-refractivity contribution in [2.75, 3.05) is 26.3 Å². The van der Waals surface area contributed by atoms with E-state index in [1.54, 1.807) is 4.90 Å². The van der Waals surface area contributed by atoms with Gasteiger partial charge in [0.25, 0.3) is 5.91 Å². The maximum atomic E-state index is 12.4. The third-order valence-corrected chi connectivity index (χ3v) is 5.92. The molecule has 1 heterocycles. The first-order valence-electron chi connectivity index (χ1n) is 9.09. The van der Waals surface area contributed by atoms with Crippen LogP contribution in [0.1, 0.15) is 41.6 Å². The average Bonchev–Trinajstić information content (AvgIpc) is 3.19. The van der Waals surface area contributed by atoms with E-state index >= 15 is 0 Å². The molecule has 4 nitrogen and oxygen atoms in total. The van der Waals surface area contributed by atoms with Crippen molar-refractivity contribution >= 4 is 5.91 Å². The number of morpholine rings is 1. The number of rotatable bonds is 4. The Morgan fingerprint density at radius 1 is 1.13 bits per heavy atom. The molecule has 124 valence electrons. The molecule has 3 fully saturated rings. The summed E-state index contributed by atoms with van der Waals surface area (Å²) in [6.45, 7) is 4.90. The maximum Gasteiger partial charge on any atom is 0.251 e. The second-order valence-electron chi connectivity index (χ2n) is 7.49. The molecule has 1 aromatic rings. The normalized spacial score (nSPS) is 30.5. The fraction of sp³-hybridized carbons (Fsp3) is 0.632. The van der Waals surface area contributed by atoms with E-state index in [4.69, 9.17) is 4.74 Å². The fourth-order valence-electron chi connectivity index (χ4n) is 4.57. The molecule has 2 bridgehead atoms. The quantitative estimate of drug-likeness (QED) is 0.871. The van der Waals surface area contributed by atoms with Gasteiger partial charge in [0.2, 0.25) is 0 Å². The fourth-order valence-corrected chi connectivity index (χ4v) is 4.57. The highest BCUT2D eigenvalue weighted by atomic mass is 16.5. The van der Waals surface area contributed by atoms with Gasteiger partial charge in [-0.25, -0.2) is 0 Å².